The predicted octanol–water partition coefficient (Wildman–Crippen LogP) is 2.84. The van der Waals surface area contributed by atoms with E-state index in [2.05, 4.69) is 34.3 Å². The van der Waals surface area contributed by atoms with Crippen LogP contribution in [-0.2, 0) is 4.74 Å². The molecular weight excluding hydrogens is 276 g/mol. The zero-order valence-electron chi connectivity index (χ0n) is 12.8. The molecule has 1 heterocycles. The minimum absolute atomic E-state index is 0.0416. The number of H-pyrrole nitrogens is 1. The highest BCUT2D eigenvalue weighted by atomic mass is 32.2. The average Bonchev–Trinajstić information content (AvgIpc) is 2.74. The number of nitrogens with zero attached hydrogens (tertiary/aromatic N) is 2. The lowest BCUT2D eigenvalue weighted by Crippen LogP contribution is -2.41. The molecule has 114 valence electrons. The molecule has 1 amide bonds. The molecule has 1 aromatic rings. The van der Waals surface area contributed by atoms with Gasteiger partial charge in [-0.3, -0.25) is 5.10 Å². The van der Waals surface area contributed by atoms with Gasteiger partial charge in [0.1, 0.15) is 11.9 Å². The van der Waals surface area contributed by atoms with E-state index in [1.54, 1.807) is 0 Å². The molecule has 0 aliphatic carbocycles. The standard InChI is InChI=1S/C13H24N4O2S/c1-9(2)6-10(7-20-11-14-8-15-17-11)16-12(18)19-13(3,4)5/h8-10H,6-7H2,1-5H3,(H,16,18)(H,14,15,17). The van der Waals surface area contributed by atoms with Crippen molar-refractivity contribution in [2.24, 2.45) is 5.92 Å². The summed E-state index contributed by atoms with van der Waals surface area (Å²) in [7, 11) is 0. The summed E-state index contributed by atoms with van der Waals surface area (Å²) in [6.07, 6.45) is 1.99. The van der Waals surface area contributed by atoms with Gasteiger partial charge in [-0.15, -0.1) is 0 Å². The molecule has 1 aromatic heterocycles. The second kappa shape index (κ2) is 7.52. The lowest BCUT2D eigenvalue weighted by Gasteiger charge is -2.24. The maximum Gasteiger partial charge on any atom is 0.407 e. The fourth-order valence-electron chi connectivity index (χ4n) is 1.66. The van der Waals surface area contributed by atoms with Gasteiger partial charge in [-0.25, -0.2) is 9.78 Å². The number of nitrogens with one attached hydrogen (secondary N) is 2. The molecule has 0 bridgehead atoms. The Kier molecular flexibility index (Phi) is 6.32. The van der Waals surface area contributed by atoms with Crippen LogP contribution in [0.2, 0.25) is 0 Å². The summed E-state index contributed by atoms with van der Waals surface area (Å²) in [5.41, 5.74) is -0.482. The highest BCUT2D eigenvalue weighted by Gasteiger charge is 2.20. The predicted molar refractivity (Wildman–Crippen MR) is 79.7 cm³/mol. The van der Waals surface area contributed by atoms with Crippen LogP contribution < -0.4 is 5.32 Å². The van der Waals surface area contributed by atoms with E-state index in [1.165, 1.54) is 18.1 Å². The van der Waals surface area contributed by atoms with Crippen LogP contribution in [-0.4, -0.2) is 38.7 Å². The Bertz CT molecular complexity index is 401. The molecule has 0 fully saturated rings. The maximum atomic E-state index is 11.8. The summed E-state index contributed by atoms with van der Waals surface area (Å²) < 4.78 is 5.29. The fourth-order valence-corrected chi connectivity index (χ4v) is 2.47. The summed E-state index contributed by atoms with van der Waals surface area (Å²) in [6, 6.07) is 0.0416. The fraction of sp³-hybridized carbons (Fsp3) is 0.769. The molecule has 1 unspecified atom stereocenters. The number of amides is 1. The van der Waals surface area contributed by atoms with Crippen molar-refractivity contribution in [1.29, 1.82) is 0 Å². The van der Waals surface area contributed by atoms with Gasteiger partial charge < -0.3 is 10.1 Å². The first kappa shape index (κ1) is 16.8. The van der Waals surface area contributed by atoms with Crippen molar-refractivity contribution in [3.05, 3.63) is 6.33 Å². The van der Waals surface area contributed by atoms with Crippen LogP contribution in [0.15, 0.2) is 11.5 Å². The summed E-state index contributed by atoms with van der Waals surface area (Å²) >= 11 is 1.54. The first-order valence-electron chi connectivity index (χ1n) is 6.74. The molecule has 0 aliphatic heterocycles. The number of hydrogen-bond acceptors (Lipinski definition) is 5. The SMILES string of the molecule is CC(C)CC(CSc1ncn[nH]1)NC(=O)OC(C)(C)C. The Morgan fingerprint density at radius 3 is 2.70 bits per heavy atom. The van der Waals surface area contributed by atoms with Crippen LogP contribution in [0.1, 0.15) is 41.0 Å². The van der Waals surface area contributed by atoms with E-state index in [0.717, 1.165) is 17.3 Å². The first-order chi connectivity index (χ1) is 9.26. The van der Waals surface area contributed by atoms with Crippen molar-refractivity contribution >= 4 is 17.9 Å². The molecule has 0 saturated carbocycles. The molecule has 0 saturated heterocycles. The van der Waals surface area contributed by atoms with Gasteiger partial charge in [0.05, 0.1) is 0 Å². The van der Waals surface area contributed by atoms with E-state index in [0.29, 0.717) is 5.92 Å². The van der Waals surface area contributed by atoms with Crippen LogP contribution in [0.4, 0.5) is 4.79 Å². The molecular formula is C13H24N4O2S. The number of carbonyl (C=O) groups excluding carboxylic acids is 1. The molecule has 20 heavy (non-hydrogen) atoms. The zero-order valence-corrected chi connectivity index (χ0v) is 13.6. The normalized spacial score (nSPS) is 13.3. The second-order valence-electron chi connectivity index (χ2n) is 6.07. The zero-order chi connectivity index (χ0) is 15.2. The molecule has 7 heteroatoms. The Balaban J connectivity index is 2.48. The number of thioether (sulfide) groups is 1. The number of ether oxygens (including phenoxy) is 1. The quantitative estimate of drug-likeness (QED) is 0.790. The van der Waals surface area contributed by atoms with Crippen molar-refractivity contribution in [2.45, 2.75) is 57.8 Å². The average molecular weight is 300 g/mol. The van der Waals surface area contributed by atoms with Crippen molar-refractivity contribution in [2.75, 3.05) is 5.75 Å². The van der Waals surface area contributed by atoms with Crippen LogP contribution in [0.5, 0.6) is 0 Å². The number of rotatable bonds is 6. The smallest absolute Gasteiger partial charge is 0.407 e. The summed E-state index contributed by atoms with van der Waals surface area (Å²) in [6.45, 7) is 9.82. The Labute approximate surface area is 124 Å². The largest absolute Gasteiger partial charge is 0.444 e. The van der Waals surface area contributed by atoms with Crippen molar-refractivity contribution in [1.82, 2.24) is 20.5 Å². The third-order valence-corrected chi connectivity index (χ3v) is 3.33. The van der Waals surface area contributed by atoms with Gasteiger partial charge in [0.2, 0.25) is 0 Å². The van der Waals surface area contributed by atoms with Crippen molar-refractivity contribution in [3.8, 4) is 0 Å². The lowest BCUT2D eigenvalue weighted by molar-refractivity contribution is 0.0505. The first-order valence-corrected chi connectivity index (χ1v) is 7.72. The van der Waals surface area contributed by atoms with Crippen LogP contribution in [0.25, 0.3) is 0 Å². The van der Waals surface area contributed by atoms with Crippen LogP contribution in [0.3, 0.4) is 0 Å². The van der Waals surface area contributed by atoms with Gasteiger partial charge in [0, 0.05) is 11.8 Å². The van der Waals surface area contributed by atoms with E-state index in [1.807, 2.05) is 20.8 Å². The van der Waals surface area contributed by atoms with Gasteiger partial charge >= 0.3 is 6.09 Å². The minimum atomic E-state index is -0.482. The highest BCUT2D eigenvalue weighted by Crippen LogP contribution is 2.17. The Hall–Kier alpha value is -1.24. The van der Waals surface area contributed by atoms with E-state index in [9.17, 15) is 4.79 Å². The molecule has 1 atom stereocenters. The second-order valence-corrected chi connectivity index (χ2v) is 7.08. The van der Waals surface area contributed by atoms with Gasteiger partial charge in [-0.1, -0.05) is 25.6 Å². The van der Waals surface area contributed by atoms with E-state index >= 15 is 0 Å². The topological polar surface area (TPSA) is 79.9 Å². The van der Waals surface area contributed by atoms with Crippen molar-refractivity contribution in [3.63, 3.8) is 0 Å². The third kappa shape index (κ3) is 7.37. The number of carbonyl (C=O) groups is 1. The van der Waals surface area contributed by atoms with Crippen LogP contribution >= 0.6 is 11.8 Å². The number of aromatic nitrogens is 3. The molecule has 0 radical (unpaired) electrons. The van der Waals surface area contributed by atoms with Gasteiger partial charge in [0.15, 0.2) is 5.16 Å². The monoisotopic (exact) mass is 300 g/mol. The highest BCUT2D eigenvalue weighted by molar-refractivity contribution is 7.99. The summed E-state index contributed by atoms with van der Waals surface area (Å²) in [5.74, 6) is 1.22. The van der Waals surface area contributed by atoms with Gasteiger partial charge in [-0.05, 0) is 33.1 Å². The van der Waals surface area contributed by atoms with Crippen LogP contribution in [0, 0.1) is 5.92 Å². The Morgan fingerprint density at radius 1 is 1.50 bits per heavy atom. The number of aromatic amines is 1. The summed E-state index contributed by atoms with van der Waals surface area (Å²) in [4.78, 5) is 15.9. The minimum Gasteiger partial charge on any atom is -0.444 e. The summed E-state index contributed by atoms with van der Waals surface area (Å²) in [5, 5.41) is 10.3. The van der Waals surface area contributed by atoms with E-state index in [-0.39, 0.29) is 12.1 Å². The number of alkyl carbamates (subject to hydrolysis) is 1. The third-order valence-electron chi connectivity index (χ3n) is 2.29. The molecule has 0 aliphatic rings. The molecule has 0 spiro atoms. The lowest BCUT2D eigenvalue weighted by atomic mass is 10.1. The van der Waals surface area contributed by atoms with Crippen molar-refractivity contribution < 1.29 is 9.53 Å². The van der Waals surface area contributed by atoms with Gasteiger partial charge in [0.25, 0.3) is 0 Å². The number of hydrogen-bond donors (Lipinski definition) is 2. The van der Waals surface area contributed by atoms with E-state index in [4.69, 9.17) is 4.74 Å². The molecule has 1 rings (SSSR count). The molecule has 0 aromatic carbocycles. The molecule has 6 nitrogen and oxygen atoms in total. The maximum absolute atomic E-state index is 11.8. The van der Waals surface area contributed by atoms with E-state index < -0.39 is 5.60 Å². The Morgan fingerprint density at radius 2 is 2.20 bits per heavy atom. The molecule has 2 N–H and O–H groups in total. The van der Waals surface area contributed by atoms with Gasteiger partial charge in [-0.2, -0.15) is 5.10 Å².